The molecule has 51 heavy (non-hydrogen) atoms. The van der Waals surface area contributed by atoms with Crippen LogP contribution < -0.4 is 0 Å². The Hall–Kier alpha value is -6.91. The lowest BCUT2D eigenvalue weighted by molar-refractivity contribution is 1.08. The molecule has 4 heteroatoms. The van der Waals surface area contributed by atoms with Crippen LogP contribution in [0.3, 0.4) is 0 Å². The zero-order valence-electron chi connectivity index (χ0n) is 27.6. The van der Waals surface area contributed by atoms with Gasteiger partial charge in [0, 0.05) is 33.2 Å². The number of fused-ring (bicyclic) bond motifs is 5. The molecule has 2 aromatic heterocycles. The summed E-state index contributed by atoms with van der Waals surface area (Å²) in [5.74, 6) is 1.95. The smallest absolute Gasteiger partial charge is 0.164 e. The summed E-state index contributed by atoms with van der Waals surface area (Å²) in [7, 11) is 0. The first-order chi connectivity index (χ1) is 25.2. The first-order valence-electron chi connectivity index (χ1n) is 17.2. The minimum atomic E-state index is 0.643. The Morgan fingerprint density at radius 3 is 1.18 bits per heavy atom. The summed E-state index contributed by atoms with van der Waals surface area (Å²) in [6.45, 7) is 0. The van der Waals surface area contributed by atoms with Crippen LogP contribution in [0.5, 0.6) is 0 Å². The lowest BCUT2D eigenvalue weighted by Gasteiger charge is -2.11. The number of nitrogens with zero attached hydrogens (tertiary/aromatic N) is 4. The van der Waals surface area contributed by atoms with Gasteiger partial charge in [-0.25, -0.2) is 15.0 Å². The molecule has 0 spiro atoms. The van der Waals surface area contributed by atoms with Crippen molar-refractivity contribution in [3.63, 3.8) is 0 Å². The third-order valence-electron chi connectivity index (χ3n) is 9.83. The van der Waals surface area contributed by atoms with Crippen molar-refractivity contribution in [1.82, 2.24) is 19.5 Å². The van der Waals surface area contributed by atoms with Crippen molar-refractivity contribution in [2.45, 2.75) is 0 Å². The maximum Gasteiger partial charge on any atom is 0.164 e. The number of aromatic nitrogens is 4. The van der Waals surface area contributed by atoms with Crippen molar-refractivity contribution in [2.75, 3.05) is 0 Å². The molecule has 4 nitrogen and oxygen atoms in total. The quantitative estimate of drug-likeness (QED) is 0.186. The van der Waals surface area contributed by atoms with Gasteiger partial charge in [-0.3, -0.25) is 0 Å². The lowest BCUT2D eigenvalue weighted by atomic mass is 10.0. The molecule has 0 saturated heterocycles. The Morgan fingerprint density at radius 2 is 0.667 bits per heavy atom. The van der Waals surface area contributed by atoms with E-state index in [4.69, 9.17) is 15.0 Å². The standard InChI is InChI=1S/C47H30N4/c1-3-11-36-29-38(23-19-31(36)9-1)46-48-45(49-47(50-46)39-24-20-32-10-2-4-12-37(32)30-39)35-21-17-33(18-22-35)34-25-27-40(28-26-34)51-43-15-7-5-13-41(43)42-14-6-8-16-44(42)51/h1-30H. The third kappa shape index (κ3) is 5.13. The lowest BCUT2D eigenvalue weighted by Crippen LogP contribution is -2.00. The fourth-order valence-corrected chi connectivity index (χ4v) is 7.24. The van der Waals surface area contributed by atoms with Gasteiger partial charge in [0.25, 0.3) is 0 Å². The summed E-state index contributed by atoms with van der Waals surface area (Å²) >= 11 is 0. The van der Waals surface area contributed by atoms with Crippen LogP contribution in [0.25, 0.3) is 94.3 Å². The van der Waals surface area contributed by atoms with Crippen molar-refractivity contribution in [2.24, 2.45) is 0 Å². The Morgan fingerprint density at radius 1 is 0.294 bits per heavy atom. The van der Waals surface area contributed by atoms with Gasteiger partial charge < -0.3 is 4.57 Å². The molecule has 0 aliphatic rings. The average molecular weight is 651 g/mol. The van der Waals surface area contributed by atoms with Crippen LogP contribution in [-0.2, 0) is 0 Å². The molecule has 0 bridgehead atoms. The minimum Gasteiger partial charge on any atom is -0.309 e. The van der Waals surface area contributed by atoms with E-state index in [0.29, 0.717) is 17.5 Å². The van der Waals surface area contributed by atoms with Crippen LogP contribution in [0.2, 0.25) is 0 Å². The van der Waals surface area contributed by atoms with Gasteiger partial charge in [0.05, 0.1) is 11.0 Å². The molecule has 238 valence electrons. The van der Waals surface area contributed by atoms with Crippen LogP contribution in [0.1, 0.15) is 0 Å². The molecular weight excluding hydrogens is 621 g/mol. The molecule has 0 N–H and O–H groups in total. The Labute approximate surface area is 295 Å². The molecule has 0 amide bonds. The van der Waals surface area contributed by atoms with Gasteiger partial charge in [-0.2, -0.15) is 0 Å². The molecule has 0 radical (unpaired) electrons. The van der Waals surface area contributed by atoms with Crippen molar-refractivity contribution in [3.8, 4) is 51.0 Å². The summed E-state index contributed by atoms with van der Waals surface area (Å²) in [6, 6.07) is 64.1. The van der Waals surface area contributed by atoms with Gasteiger partial charge in [0.1, 0.15) is 0 Å². The predicted molar refractivity (Wildman–Crippen MR) is 211 cm³/mol. The molecule has 10 aromatic rings. The van der Waals surface area contributed by atoms with E-state index in [1.165, 1.54) is 32.6 Å². The average Bonchev–Trinajstić information content (AvgIpc) is 3.55. The molecule has 0 saturated carbocycles. The first-order valence-corrected chi connectivity index (χ1v) is 17.2. The van der Waals surface area contributed by atoms with Crippen LogP contribution in [-0.4, -0.2) is 19.5 Å². The summed E-state index contributed by atoms with van der Waals surface area (Å²) in [4.78, 5) is 15.1. The van der Waals surface area contributed by atoms with Crippen molar-refractivity contribution >= 4 is 43.4 Å². The van der Waals surface area contributed by atoms with Gasteiger partial charge in [-0.15, -0.1) is 0 Å². The van der Waals surface area contributed by atoms with Crippen LogP contribution >= 0.6 is 0 Å². The second-order valence-electron chi connectivity index (χ2n) is 12.9. The fourth-order valence-electron chi connectivity index (χ4n) is 7.24. The molecule has 2 heterocycles. The van der Waals surface area contributed by atoms with Gasteiger partial charge in [0.15, 0.2) is 17.5 Å². The van der Waals surface area contributed by atoms with E-state index in [2.05, 4.69) is 187 Å². The van der Waals surface area contributed by atoms with Gasteiger partial charge in [-0.1, -0.05) is 146 Å². The third-order valence-corrected chi connectivity index (χ3v) is 9.83. The van der Waals surface area contributed by atoms with Crippen LogP contribution in [0.15, 0.2) is 182 Å². The first kappa shape index (κ1) is 29.0. The molecule has 0 unspecified atom stereocenters. The molecule has 0 atom stereocenters. The number of para-hydroxylation sites is 2. The van der Waals surface area contributed by atoms with E-state index in [1.807, 2.05) is 0 Å². The Kier molecular flexibility index (Phi) is 6.78. The molecule has 8 aromatic carbocycles. The van der Waals surface area contributed by atoms with Crippen molar-refractivity contribution in [3.05, 3.63) is 182 Å². The number of rotatable bonds is 5. The highest BCUT2D eigenvalue weighted by Crippen LogP contribution is 2.34. The number of hydrogen-bond acceptors (Lipinski definition) is 3. The van der Waals surface area contributed by atoms with Gasteiger partial charge in [-0.05, 0) is 69.1 Å². The topological polar surface area (TPSA) is 43.6 Å². The van der Waals surface area contributed by atoms with Gasteiger partial charge in [0.2, 0.25) is 0 Å². The van der Waals surface area contributed by atoms with E-state index < -0.39 is 0 Å². The molecular formula is C47H30N4. The highest BCUT2D eigenvalue weighted by molar-refractivity contribution is 6.09. The summed E-state index contributed by atoms with van der Waals surface area (Å²) in [5.41, 5.74) is 8.69. The SMILES string of the molecule is c1ccc2cc(-c3nc(-c4ccc(-c5ccc(-n6c7ccccc7c7ccccc76)cc5)cc4)nc(-c4ccc5ccccc5c4)n3)ccc2c1. The van der Waals surface area contributed by atoms with E-state index >= 15 is 0 Å². The van der Waals surface area contributed by atoms with E-state index in [0.717, 1.165) is 44.3 Å². The molecule has 0 fully saturated rings. The maximum absolute atomic E-state index is 5.04. The number of hydrogen-bond donors (Lipinski definition) is 0. The Bertz CT molecular complexity index is 2750. The van der Waals surface area contributed by atoms with E-state index in [1.54, 1.807) is 0 Å². The van der Waals surface area contributed by atoms with E-state index in [9.17, 15) is 0 Å². The van der Waals surface area contributed by atoms with Crippen LogP contribution in [0.4, 0.5) is 0 Å². The monoisotopic (exact) mass is 650 g/mol. The van der Waals surface area contributed by atoms with Crippen molar-refractivity contribution < 1.29 is 0 Å². The van der Waals surface area contributed by atoms with Crippen LogP contribution in [0, 0.1) is 0 Å². The molecule has 0 aliphatic carbocycles. The second-order valence-corrected chi connectivity index (χ2v) is 12.9. The summed E-state index contributed by atoms with van der Waals surface area (Å²) in [5, 5.41) is 7.20. The van der Waals surface area contributed by atoms with Gasteiger partial charge >= 0.3 is 0 Å². The highest BCUT2D eigenvalue weighted by Gasteiger charge is 2.15. The largest absolute Gasteiger partial charge is 0.309 e. The highest BCUT2D eigenvalue weighted by atomic mass is 15.0. The predicted octanol–water partition coefficient (Wildman–Crippen LogP) is 11.9. The fraction of sp³-hybridized carbons (Fsp3) is 0. The van der Waals surface area contributed by atoms with E-state index in [-0.39, 0.29) is 0 Å². The Balaban J connectivity index is 1.03. The zero-order chi connectivity index (χ0) is 33.7. The molecule has 10 rings (SSSR count). The van der Waals surface area contributed by atoms with Crippen molar-refractivity contribution in [1.29, 1.82) is 0 Å². The minimum absolute atomic E-state index is 0.643. The molecule has 0 aliphatic heterocycles. The number of benzene rings is 8. The zero-order valence-corrected chi connectivity index (χ0v) is 27.6. The summed E-state index contributed by atoms with van der Waals surface area (Å²) < 4.78 is 2.35. The second kappa shape index (κ2) is 11.9. The maximum atomic E-state index is 5.04. The normalized spacial score (nSPS) is 11.5. The summed E-state index contributed by atoms with van der Waals surface area (Å²) in [6.07, 6.45) is 0.